The predicted octanol–water partition coefficient (Wildman–Crippen LogP) is 3.03. The Labute approximate surface area is 186 Å². The number of esters is 1. The lowest BCUT2D eigenvalue weighted by molar-refractivity contribution is -0.138. The van der Waals surface area contributed by atoms with Gasteiger partial charge in [0.05, 0.1) is 22.9 Å². The second kappa shape index (κ2) is 8.87. The van der Waals surface area contributed by atoms with E-state index in [9.17, 15) is 9.59 Å². The minimum Gasteiger partial charge on any atom is -0.496 e. The Morgan fingerprint density at radius 1 is 1.29 bits per heavy atom. The number of ether oxygens (including phenoxy) is 2. The first-order valence-electron chi connectivity index (χ1n) is 9.52. The first-order valence-corrected chi connectivity index (χ1v) is 11.2. The number of fused-ring (bicyclic) bond motifs is 1. The summed E-state index contributed by atoms with van der Waals surface area (Å²) in [5.41, 5.74) is 1.48. The molecule has 3 aromatic rings. The summed E-state index contributed by atoms with van der Waals surface area (Å²) in [4.78, 5) is 32.3. The van der Waals surface area contributed by atoms with Crippen molar-refractivity contribution in [2.24, 2.45) is 4.99 Å². The number of carbonyl (C=O) groups is 1. The van der Waals surface area contributed by atoms with Crippen LogP contribution >= 0.6 is 22.7 Å². The number of para-hydroxylation sites is 1. The minimum absolute atomic E-state index is 0.0883. The Morgan fingerprint density at radius 2 is 2.10 bits per heavy atom. The lowest BCUT2D eigenvalue weighted by Crippen LogP contribution is -2.39. The molecule has 31 heavy (non-hydrogen) atoms. The van der Waals surface area contributed by atoms with E-state index in [4.69, 9.17) is 9.47 Å². The van der Waals surface area contributed by atoms with Crippen molar-refractivity contribution in [2.45, 2.75) is 13.0 Å². The fourth-order valence-corrected chi connectivity index (χ4v) is 5.30. The first kappa shape index (κ1) is 21.0. The van der Waals surface area contributed by atoms with E-state index < -0.39 is 12.0 Å². The van der Waals surface area contributed by atoms with Gasteiger partial charge in [-0.15, -0.1) is 11.3 Å². The van der Waals surface area contributed by atoms with Gasteiger partial charge in [-0.25, -0.2) is 9.79 Å². The second-order valence-electron chi connectivity index (χ2n) is 6.73. The maximum atomic E-state index is 13.5. The van der Waals surface area contributed by atoms with Gasteiger partial charge in [-0.2, -0.15) is 0 Å². The summed E-state index contributed by atoms with van der Waals surface area (Å²) in [6.45, 7) is 5.45. The molecule has 0 saturated heterocycles. The Balaban J connectivity index is 1.92. The Bertz CT molecular complexity index is 1350. The summed E-state index contributed by atoms with van der Waals surface area (Å²) < 4.78 is 12.8. The molecule has 0 bridgehead atoms. The van der Waals surface area contributed by atoms with Crippen LogP contribution in [0.2, 0.25) is 0 Å². The first-order chi connectivity index (χ1) is 15.0. The normalized spacial score (nSPS) is 15.9. The summed E-state index contributed by atoms with van der Waals surface area (Å²) in [6.07, 6.45) is 3.31. The van der Waals surface area contributed by atoms with Gasteiger partial charge in [0.1, 0.15) is 18.4 Å². The number of rotatable bonds is 6. The van der Waals surface area contributed by atoms with Crippen LogP contribution in [-0.4, -0.2) is 24.3 Å². The summed E-state index contributed by atoms with van der Waals surface area (Å²) in [7, 11) is 1.59. The number of hydrogen-bond acceptors (Lipinski definition) is 7. The highest BCUT2D eigenvalue weighted by Gasteiger charge is 2.33. The number of thiazole rings is 1. The van der Waals surface area contributed by atoms with Crippen LogP contribution in [0.1, 0.15) is 23.4 Å². The number of methoxy groups -OCH3 is 1. The van der Waals surface area contributed by atoms with Crippen LogP contribution in [0.5, 0.6) is 5.75 Å². The Morgan fingerprint density at radius 3 is 2.81 bits per heavy atom. The third kappa shape index (κ3) is 3.92. The highest BCUT2D eigenvalue weighted by molar-refractivity contribution is 7.10. The monoisotopic (exact) mass is 452 g/mol. The zero-order valence-electron chi connectivity index (χ0n) is 17.0. The molecular formula is C23H20N2O4S2. The molecule has 3 heterocycles. The molecule has 0 radical (unpaired) electrons. The summed E-state index contributed by atoms with van der Waals surface area (Å²) in [6, 6.07) is 10.7. The van der Waals surface area contributed by atoms with Crippen molar-refractivity contribution < 1.29 is 14.3 Å². The summed E-state index contributed by atoms with van der Waals surface area (Å²) in [5.74, 6) is 0.173. The Kier molecular flexibility index (Phi) is 6.01. The zero-order valence-corrected chi connectivity index (χ0v) is 18.7. The molecule has 2 aromatic heterocycles. The molecule has 4 rings (SSSR count). The number of nitrogens with zero attached hydrogens (tertiary/aromatic N) is 2. The Hall–Kier alpha value is -3.23. The third-order valence-electron chi connectivity index (χ3n) is 4.81. The molecule has 1 aliphatic rings. The fourth-order valence-electron chi connectivity index (χ4n) is 3.44. The third-order valence-corrected chi connectivity index (χ3v) is 6.72. The molecule has 6 nitrogen and oxygen atoms in total. The standard InChI is InChI=1S/C23H20N2O4S2/c1-4-11-29-22(27)19-14(2)24-23-25(20(19)17-10-7-12-30-17)21(26)18(31-23)13-15-8-5-6-9-16(15)28-3/h4-10,12-13,20H,1,11H2,2-3H3/b18-13-. The molecule has 0 spiro atoms. The van der Waals surface area contributed by atoms with Gasteiger partial charge < -0.3 is 9.47 Å². The van der Waals surface area contributed by atoms with Crippen molar-refractivity contribution in [2.75, 3.05) is 13.7 Å². The smallest absolute Gasteiger partial charge is 0.338 e. The van der Waals surface area contributed by atoms with E-state index in [1.165, 1.54) is 28.7 Å². The van der Waals surface area contributed by atoms with Crippen molar-refractivity contribution in [3.8, 4) is 5.75 Å². The number of carbonyl (C=O) groups excluding carboxylic acids is 1. The second-order valence-corrected chi connectivity index (χ2v) is 8.71. The number of aromatic nitrogens is 1. The molecule has 0 aliphatic carbocycles. The van der Waals surface area contributed by atoms with Crippen molar-refractivity contribution in [3.63, 3.8) is 0 Å². The van der Waals surface area contributed by atoms with E-state index in [0.29, 0.717) is 26.4 Å². The van der Waals surface area contributed by atoms with Gasteiger partial charge in [0.15, 0.2) is 4.80 Å². The van der Waals surface area contributed by atoms with Crippen molar-refractivity contribution in [1.29, 1.82) is 0 Å². The fraction of sp³-hybridized carbons (Fsp3) is 0.174. The highest BCUT2D eigenvalue weighted by atomic mass is 32.1. The van der Waals surface area contributed by atoms with E-state index >= 15 is 0 Å². The topological polar surface area (TPSA) is 69.9 Å². The molecular weight excluding hydrogens is 432 g/mol. The molecule has 8 heteroatoms. The number of allylic oxidation sites excluding steroid dienone is 1. The van der Waals surface area contributed by atoms with Crippen LogP contribution in [0, 0.1) is 0 Å². The molecule has 1 aliphatic heterocycles. The number of benzene rings is 1. The quantitative estimate of drug-likeness (QED) is 0.426. The molecule has 158 valence electrons. The van der Waals surface area contributed by atoms with Gasteiger partial charge in [-0.1, -0.05) is 48.3 Å². The lowest BCUT2D eigenvalue weighted by atomic mass is 10.0. The van der Waals surface area contributed by atoms with Crippen LogP contribution < -0.4 is 19.6 Å². The lowest BCUT2D eigenvalue weighted by Gasteiger charge is -2.23. The molecule has 0 amide bonds. The van der Waals surface area contributed by atoms with E-state index in [1.54, 1.807) is 24.7 Å². The molecule has 1 atom stereocenters. The molecule has 0 saturated carbocycles. The van der Waals surface area contributed by atoms with E-state index in [2.05, 4.69) is 11.6 Å². The number of hydrogen-bond donors (Lipinski definition) is 0. The van der Waals surface area contributed by atoms with Crippen molar-refractivity contribution >= 4 is 34.7 Å². The van der Waals surface area contributed by atoms with Gasteiger partial charge in [0, 0.05) is 10.4 Å². The molecule has 0 fully saturated rings. The highest BCUT2D eigenvalue weighted by Crippen LogP contribution is 2.33. The van der Waals surface area contributed by atoms with Gasteiger partial charge in [0.2, 0.25) is 0 Å². The minimum atomic E-state index is -0.589. The van der Waals surface area contributed by atoms with E-state index in [1.807, 2.05) is 41.8 Å². The van der Waals surface area contributed by atoms with E-state index in [0.717, 1.165) is 10.4 Å². The predicted molar refractivity (Wildman–Crippen MR) is 122 cm³/mol. The van der Waals surface area contributed by atoms with Gasteiger partial charge in [-0.05, 0) is 30.5 Å². The summed E-state index contributed by atoms with van der Waals surface area (Å²) in [5, 5.41) is 1.92. The van der Waals surface area contributed by atoms with Crippen molar-refractivity contribution in [3.05, 3.63) is 95.8 Å². The average molecular weight is 453 g/mol. The molecule has 0 N–H and O–H groups in total. The SMILES string of the molecule is C=CCOC(=O)C1=C(C)N=c2s/c(=C\c3ccccc3OC)c(=O)n2C1c1cccs1. The molecule has 1 aromatic carbocycles. The van der Waals surface area contributed by atoms with Gasteiger partial charge >= 0.3 is 5.97 Å². The van der Waals surface area contributed by atoms with Crippen LogP contribution in [0.4, 0.5) is 0 Å². The van der Waals surface area contributed by atoms with Crippen molar-refractivity contribution in [1.82, 2.24) is 4.57 Å². The zero-order chi connectivity index (χ0) is 22.0. The summed E-state index contributed by atoms with van der Waals surface area (Å²) >= 11 is 2.77. The van der Waals surface area contributed by atoms with Gasteiger partial charge in [-0.3, -0.25) is 9.36 Å². The maximum Gasteiger partial charge on any atom is 0.338 e. The molecule has 1 unspecified atom stereocenters. The van der Waals surface area contributed by atoms with E-state index in [-0.39, 0.29) is 12.2 Å². The van der Waals surface area contributed by atoms with Crippen LogP contribution in [0.15, 0.2) is 75.5 Å². The van der Waals surface area contributed by atoms with Crippen LogP contribution in [0.3, 0.4) is 0 Å². The van der Waals surface area contributed by atoms with Crippen LogP contribution in [-0.2, 0) is 9.53 Å². The largest absolute Gasteiger partial charge is 0.496 e. The van der Waals surface area contributed by atoms with Gasteiger partial charge in [0.25, 0.3) is 5.56 Å². The van der Waals surface area contributed by atoms with Crippen LogP contribution in [0.25, 0.3) is 6.08 Å². The maximum absolute atomic E-state index is 13.5. The average Bonchev–Trinajstić information content (AvgIpc) is 3.40. The number of thiophene rings is 1.